The van der Waals surface area contributed by atoms with Gasteiger partial charge < -0.3 is 19.0 Å². The van der Waals surface area contributed by atoms with Gasteiger partial charge in [-0.25, -0.2) is 4.79 Å². The number of nitrogens with zero attached hydrogens (tertiary/aromatic N) is 1. The Labute approximate surface area is 177 Å². The van der Waals surface area contributed by atoms with Crippen molar-refractivity contribution in [1.29, 1.82) is 0 Å². The summed E-state index contributed by atoms with van der Waals surface area (Å²) >= 11 is 0. The molecule has 0 radical (unpaired) electrons. The van der Waals surface area contributed by atoms with Crippen molar-refractivity contribution in [2.24, 2.45) is 5.92 Å². The molecule has 1 unspecified atom stereocenters. The van der Waals surface area contributed by atoms with Crippen molar-refractivity contribution in [3.63, 3.8) is 0 Å². The zero-order valence-corrected chi connectivity index (χ0v) is 17.7. The first-order valence-electron chi connectivity index (χ1n) is 11.2. The maximum atomic E-state index is 12.6. The summed E-state index contributed by atoms with van der Waals surface area (Å²) < 4.78 is 13.4. The molecule has 1 aliphatic carbocycles. The molecule has 2 aromatic heterocycles. The topological polar surface area (TPSA) is 60.2 Å². The van der Waals surface area contributed by atoms with E-state index in [-0.39, 0.29) is 18.7 Å². The van der Waals surface area contributed by atoms with Crippen LogP contribution in [-0.4, -0.2) is 34.8 Å². The lowest BCUT2D eigenvalue weighted by atomic mass is 9.85. The van der Waals surface area contributed by atoms with E-state index in [0.717, 1.165) is 35.2 Å². The number of carbonyl (C=O) groups excluding carboxylic acids is 1. The van der Waals surface area contributed by atoms with Gasteiger partial charge >= 0.3 is 5.97 Å². The SMILES string of the molecule is CCOC(=O)c1c2ccc(OC(CO)CCC3CCCCC3)cc2n2ccccc12. The lowest BCUT2D eigenvalue weighted by Gasteiger charge is -2.24. The molecular formula is C25H31NO4. The molecule has 0 spiro atoms. The first-order valence-corrected chi connectivity index (χ1v) is 11.2. The lowest BCUT2D eigenvalue weighted by Crippen LogP contribution is -2.22. The Kier molecular flexibility index (Phi) is 6.58. The Morgan fingerprint density at radius 2 is 2.00 bits per heavy atom. The fourth-order valence-electron chi connectivity index (χ4n) is 4.69. The monoisotopic (exact) mass is 409 g/mol. The quantitative estimate of drug-likeness (QED) is 0.508. The van der Waals surface area contributed by atoms with Crippen molar-refractivity contribution >= 4 is 22.4 Å². The summed E-state index contributed by atoms with van der Waals surface area (Å²) in [6.45, 7) is 2.16. The van der Waals surface area contributed by atoms with Crippen LogP contribution in [0.1, 0.15) is 62.2 Å². The van der Waals surface area contributed by atoms with Crippen LogP contribution in [-0.2, 0) is 4.74 Å². The van der Waals surface area contributed by atoms with Crippen LogP contribution in [0.3, 0.4) is 0 Å². The third-order valence-electron chi connectivity index (χ3n) is 6.22. The smallest absolute Gasteiger partial charge is 0.340 e. The van der Waals surface area contributed by atoms with E-state index in [1.165, 1.54) is 32.1 Å². The number of aliphatic hydroxyl groups excluding tert-OH is 1. The second-order valence-corrected chi connectivity index (χ2v) is 8.23. The minimum absolute atomic E-state index is 0.00767. The number of fused-ring (bicyclic) bond motifs is 3. The van der Waals surface area contributed by atoms with Crippen LogP contribution in [0.25, 0.3) is 16.4 Å². The van der Waals surface area contributed by atoms with Crippen molar-refractivity contribution < 1.29 is 19.4 Å². The van der Waals surface area contributed by atoms with Gasteiger partial charge in [0.25, 0.3) is 0 Å². The van der Waals surface area contributed by atoms with E-state index in [1.807, 2.05) is 53.9 Å². The number of ether oxygens (including phenoxy) is 2. The Balaban J connectivity index is 1.58. The summed E-state index contributed by atoms with van der Waals surface area (Å²) in [5.74, 6) is 1.16. The van der Waals surface area contributed by atoms with E-state index < -0.39 is 0 Å². The van der Waals surface area contributed by atoms with Crippen LogP contribution in [0.15, 0.2) is 42.6 Å². The second-order valence-electron chi connectivity index (χ2n) is 8.23. The molecule has 0 bridgehead atoms. The molecule has 30 heavy (non-hydrogen) atoms. The van der Waals surface area contributed by atoms with E-state index >= 15 is 0 Å². The predicted octanol–water partition coefficient (Wildman–Crippen LogP) is 5.37. The number of carbonyl (C=O) groups is 1. The van der Waals surface area contributed by atoms with E-state index in [4.69, 9.17) is 9.47 Å². The van der Waals surface area contributed by atoms with Gasteiger partial charge in [0.1, 0.15) is 11.9 Å². The van der Waals surface area contributed by atoms with Gasteiger partial charge in [-0.1, -0.05) is 38.2 Å². The number of aromatic nitrogens is 1. The number of rotatable bonds is 8. The van der Waals surface area contributed by atoms with Crippen molar-refractivity contribution in [2.45, 2.75) is 58.0 Å². The Bertz CT molecular complexity index is 1000. The van der Waals surface area contributed by atoms with Crippen LogP contribution in [0.5, 0.6) is 5.75 Å². The normalized spacial score (nSPS) is 16.1. The third kappa shape index (κ3) is 4.31. The molecule has 160 valence electrons. The highest BCUT2D eigenvalue weighted by molar-refractivity contribution is 6.11. The first kappa shape index (κ1) is 20.7. The molecular weight excluding hydrogens is 378 g/mol. The lowest BCUT2D eigenvalue weighted by molar-refractivity contribution is 0.0531. The molecule has 3 aromatic rings. The van der Waals surface area contributed by atoms with Crippen molar-refractivity contribution in [3.05, 3.63) is 48.2 Å². The molecule has 1 saturated carbocycles. The molecule has 2 heterocycles. The summed E-state index contributed by atoms with van der Waals surface area (Å²) in [7, 11) is 0. The summed E-state index contributed by atoms with van der Waals surface area (Å²) in [6, 6.07) is 11.5. The van der Waals surface area contributed by atoms with Crippen molar-refractivity contribution in [1.82, 2.24) is 4.40 Å². The summed E-state index contributed by atoms with van der Waals surface area (Å²) in [5.41, 5.74) is 2.30. The largest absolute Gasteiger partial charge is 0.488 e. The van der Waals surface area contributed by atoms with Gasteiger partial charge in [-0.3, -0.25) is 0 Å². The third-order valence-corrected chi connectivity index (χ3v) is 6.22. The Morgan fingerprint density at radius 1 is 1.17 bits per heavy atom. The Morgan fingerprint density at radius 3 is 2.77 bits per heavy atom. The summed E-state index contributed by atoms with van der Waals surface area (Å²) in [5, 5.41) is 10.7. The van der Waals surface area contributed by atoms with E-state index in [2.05, 4.69) is 0 Å². The maximum absolute atomic E-state index is 12.6. The standard InChI is InChI=1S/C25H31NO4/c1-2-29-25(28)24-21-14-13-19(16-23(21)26-15-7-6-10-22(24)26)30-20(17-27)12-11-18-8-4-3-5-9-18/h6-7,10,13-16,18,20,27H,2-5,8-9,11-12,17H2,1H3. The second kappa shape index (κ2) is 9.52. The first-order chi connectivity index (χ1) is 14.7. The van der Waals surface area contributed by atoms with Crippen molar-refractivity contribution in [2.75, 3.05) is 13.2 Å². The summed E-state index contributed by atoms with van der Waals surface area (Å²) in [6.07, 6.45) is 10.3. The predicted molar refractivity (Wildman–Crippen MR) is 118 cm³/mol. The molecule has 1 N–H and O–H groups in total. The van der Waals surface area contributed by atoms with Gasteiger partial charge in [0.05, 0.1) is 29.8 Å². The van der Waals surface area contributed by atoms with Gasteiger partial charge in [-0.05, 0) is 49.9 Å². The fourth-order valence-corrected chi connectivity index (χ4v) is 4.69. The van der Waals surface area contributed by atoms with Gasteiger partial charge in [0.15, 0.2) is 0 Å². The maximum Gasteiger partial charge on any atom is 0.340 e. The molecule has 1 aliphatic rings. The molecule has 1 atom stereocenters. The number of hydrogen-bond donors (Lipinski definition) is 1. The van der Waals surface area contributed by atoms with Crippen LogP contribution in [0.2, 0.25) is 0 Å². The fraction of sp³-hybridized carbons (Fsp3) is 0.480. The molecule has 0 saturated heterocycles. The van der Waals surface area contributed by atoms with Crippen LogP contribution in [0.4, 0.5) is 0 Å². The molecule has 5 heteroatoms. The average Bonchev–Trinajstić information content (AvgIpc) is 3.11. The zero-order chi connectivity index (χ0) is 20.9. The minimum Gasteiger partial charge on any atom is -0.488 e. The molecule has 4 rings (SSSR count). The van der Waals surface area contributed by atoms with E-state index in [1.54, 1.807) is 0 Å². The number of esters is 1. The highest BCUT2D eigenvalue weighted by atomic mass is 16.5. The number of pyridine rings is 1. The molecule has 1 aromatic carbocycles. The van der Waals surface area contributed by atoms with Gasteiger partial charge in [-0.2, -0.15) is 0 Å². The van der Waals surface area contributed by atoms with E-state index in [0.29, 0.717) is 17.9 Å². The van der Waals surface area contributed by atoms with Crippen LogP contribution in [0, 0.1) is 5.92 Å². The number of hydrogen-bond acceptors (Lipinski definition) is 4. The average molecular weight is 410 g/mol. The zero-order valence-electron chi connectivity index (χ0n) is 17.7. The highest BCUT2D eigenvalue weighted by Crippen LogP contribution is 2.32. The highest BCUT2D eigenvalue weighted by Gasteiger charge is 2.21. The molecule has 0 amide bonds. The molecule has 0 aliphatic heterocycles. The molecule has 1 fully saturated rings. The molecule has 5 nitrogen and oxygen atoms in total. The van der Waals surface area contributed by atoms with E-state index in [9.17, 15) is 9.90 Å². The van der Waals surface area contributed by atoms with Crippen molar-refractivity contribution in [3.8, 4) is 5.75 Å². The van der Waals surface area contributed by atoms with Crippen LogP contribution >= 0.6 is 0 Å². The van der Waals surface area contributed by atoms with Gasteiger partial charge in [0.2, 0.25) is 0 Å². The minimum atomic E-state index is -0.314. The van der Waals surface area contributed by atoms with Gasteiger partial charge in [-0.15, -0.1) is 0 Å². The Hall–Kier alpha value is -2.53. The number of aliphatic hydroxyl groups is 1. The van der Waals surface area contributed by atoms with Gasteiger partial charge in [0, 0.05) is 17.6 Å². The summed E-state index contributed by atoms with van der Waals surface area (Å²) in [4.78, 5) is 12.6. The number of benzene rings is 1. The van der Waals surface area contributed by atoms with Crippen LogP contribution < -0.4 is 4.74 Å².